The predicted molar refractivity (Wildman–Crippen MR) is 103 cm³/mol. The van der Waals surface area contributed by atoms with Crippen LogP contribution in [0.3, 0.4) is 0 Å². The van der Waals surface area contributed by atoms with Gasteiger partial charge in [-0.05, 0) is 54.7 Å². The fraction of sp³-hybridized carbons (Fsp3) is 0.455. The number of rotatable bonds is 3. The predicted octanol–water partition coefficient (Wildman–Crippen LogP) is 3.39. The fourth-order valence-electron chi connectivity index (χ4n) is 4.92. The van der Waals surface area contributed by atoms with Gasteiger partial charge in [0, 0.05) is 26.6 Å². The molecule has 1 fully saturated rings. The number of nitrogens with zero attached hydrogens (tertiary/aromatic N) is 1. The largest absolute Gasteiger partial charge is 0.469 e. The molecule has 1 aromatic heterocycles. The number of furan rings is 1. The van der Waals surface area contributed by atoms with Crippen LogP contribution in [0.25, 0.3) is 0 Å². The lowest BCUT2D eigenvalue weighted by Crippen LogP contribution is -2.44. The summed E-state index contributed by atoms with van der Waals surface area (Å²) >= 11 is 0. The monoisotopic (exact) mass is 366 g/mol. The highest BCUT2D eigenvalue weighted by Crippen LogP contribution is 2.52. The number of fused-ring (bicyclic) bond motifs is 2. The summed E-state index contributed by atoms with van der Waals surface area (Å²) in [5.41, 5.74) is 3.43. The fourth-order valence-corrected chi connectivity index (χ4v) is 4.92. The molecule has 1 aliphatic heterocycles. The minimum absolute atomic E-state index is 0.0595. The highest BCUT2D eigenvalue weighted by molar-refractivity contribution is 5.95. The van der Waals surface area contributed by atoms with Crippen molar-refractivity contribution in [3.05, 3.63) is 59.0 Å². The minimum Gasteiger partial charge on any atom is -0.469 e. The van der Waals surface area contributed by atoms with Gasteiger partial charge in [-0.3, -0.25) is 9.59 Å². The normalized spacial score (nSPS) is 20.5. The van der Waals surface area contributed by atoms with Crippen LogP contribution in [0.15, 0.2) is 41.0 Å². The van der Waals surface area contributed by atoms with Crippen molar-refractivity contribution in [1.82, 2.24) is 10.2 Å². The molecule has 4 rings (SSSR count). The standard InChI is InChI=1S/C22H26N2O3/c1-15-17(7-12-27-15)21(26)24-10-8-22(9-11-24)14-16(13-20(25)23-2)18-5-3-4-6-19(18)22/h3-7,12,16H,8-11,13-14H2,1-2H3,(H,23,25)/t16-/m1/s1. The van der Waals surface area contributed by atoms with Gasteiger partial charge in [-0.1, -0.05) is 24.3 Å². The van der Waals surface area contributed by atoms with Gasteiger partial charge < -0.3 is 14.6 Å². The number of nitrogens with one attached hydrogen (secondary N) is 1. The van der Waals surface area contributed by atoms with Crippen LogP contribution in [0.2, 0.25) is 0 Å². The molecule has 2 heterocycles. The smallest absolute Gasteiger partial charge is 0.257 e. The molecule has 5 nitrogen and oxygen atoms in total. The van der Waals surface area contributed by atoms with Crippen molar-refractivity contribution in [3.8, 4) is 0 Å². The third kappa shape index (κ3) is 3.05. The van der Waals surface area contributed by atoms with Gasteiger partial charge in [0.25, 0.3) is 5.91 Å². The molecule has 2 aromatic rings. The molecule has 0 unspecified atom stereocenters. The molecule has 1 N–H and O–H groups in total. The third-order valence-corrected chi connectivity index (χ3v) is 6.42. The zero-order valence-corrected chi connectivity index (χ0v) is 16.0. The van der Waals surface area contributed by atoms with Crippen LogP contribution in [-0.4, -0.2) is 36.9 Å². The lowest BCUT2D eigenvalue weighted by atomic mass is 9.73. The van der Waals surface area contributed by atoms with Crippen molar-refractivity contribution < 1.29 is 14.0 Å². The van der Waals surface area contributed by atoms with Crippen molar-refractivity contribution in [3.63, 3.8) is 0 Å². The number of benzene rings is 1. The Morgan fingerprint density at radius 1 is 1.22 bits per heavy atom. The Balaban J connectivity index is 1.53. The molecule has 1 atom stereocenters. The molecule has 2 aliphatic rings. The van der Waals surface area contributed by atoms with E-state index in [9.17, 15) is 9.59 Å². The molecule has 2 amide bonds. The summed E-state index contributed by atoms with van der Waals surface area (Å²) in [6.07, 6.45) is 4.98. The van der Waals surface area contributed by atoms with Crippen molar-refractivity contribution in [2.45, 2.75) is 43.9 Å². The SMILES string of the molecule is CNC(=O)C[C@@H]1CC2(CCN(C(=O)c3ccoc3C)CC2)c2ccccc21. The van der Waals surface area contributed by atoms with Gasteiger partial charge in [-0.15, -0.1) is 0 Å². The molecule has 1 saturated heterocycles. The summed E-state index contributed by atoms with van der Waals surface area (Å²) in [5.74, 6) is 1.09. The van der Waals surface area contributed by atoms with Gasteiger partial charge in [0.05, 0.1) is 11.8 Å². The zero-order chi connectivity index (χ0) is 19.0. The van der Waals surface area contributed by atoms with Crippen LogP contribution in [0.5, 0.6) is 0 Å². The first-order chi connectivity index (χ1) is 13.0. The van der Waals surface area contributed by atoms with E-state index in [1.807, 2.05) is 11.8 Å². The first kappa shape index (κ1) is 17.8. The summed E-state index contributed by atoms with van der Waals surface area (Å²) in [5, 5.41) is 2.76. The van der Waals surface area contributed by atoms with Crippen LogP contribution in [0, 0.1) is 6.92 Å². The van der Waals surface area contributed by atoms with E-state index in [1.54, 1.807) is 19.4 Å². The van der Waals surface area contributed by atoms with Gasteiger partial charge in [0.1, 0.15) is 5.76 Å². The molecule has 0 bridgehead atoms. The lowest BCUT2D eigenvalue weighted by Gasteiger charge is -2.40. The topological polar surface area (TPSA) is 62.6 Å². The quantitative estimate of drug-likeness (QED) is 0.906. The highest BCUT2D eigenvalue weighted by Gasteiger charge is 2.46. The van der Waals surface area contributed by atoms with E-state index in [0.717, 1.165) is 32.4 Å². The van der Waals surface area contributed by atoms with Crippen molar-refractivity contribution in [2.75, 3.05) is 20.1 Å². The Bertz CT molecular complexity index is 862. The molecule has 142 valence electrons. The maximum Gasteiger partial charge on any atom is 0.257 e. The maximum absolute atomic E-state index is 12.8. The molecular formula is C22H26N2O3. The summed E-state index contributed by atoms with van der Waals surface area (Å²) in [6.45, 7) is 3.31. The number of carbonyl (C=O) groups excluding carboxylic acids is 2. The molecule has 0 radical (unpaired) electrons. The Hall–Kier alpha value is -2.56. The minimum atomic E-state index is 0.0595. The van der Waals surface area contributed by atoms with E-state index in [0.29, 0.717) is 17.7 Å². The zero-order valence-electron chi connectivity index (χ0n) is 16.0. The van der Waals surface area contributed by atoms with Gasteiger partial charge in [-0.2, -0.15) is 0 Å². The highest BCUT2D eigenvalue weighted by atomic mass is 16.3. The van der Waals surface area contributed by atoms with Crippen LogP contribution in [0.4, 0.5) is 0 Å². The van der Waals surface area contributed by atoms with Gasteiger partial charge >= 0.3 is 0 Å². The van der Waals surface area contributed by atoms with E-state index in [1.165, 1.54) is 11.1 Å². The molecule has 27 heavy (non-hydrogen) atoms. The summed E-state index contributed by atoms with van der Waals surface area (Å²) in [7, 11) is 1.70. The lowest BCUT2D eigenvalue weighted by molar-refractivity contribution is -0.121. The first-order valence-corrected chi connectivity index (χ1v) is 9.67. The van der Waals surface area contributed by atoms with E-state index in [2.05, 4.69) is 29.6 Å². The van der Waals surface area contributed by atoms with Crippen molar-refractivity contribution >= 4 is 11.8 Å². The van der Waals surface area contributed by atoms with Crippen LogP contribution < -0.4 is 5.32 Å². The van der Waals surface area contributed by atoms with Gasteiger partial charge in [0.2, 0.25) is 5.91 Å². The number of piperidine rings is 1. The Labute approximate surface area is 159 Å². The number of likely N-dealkylation sites (tertiary alicyclic amines) is 1. The van der Waals surface area contributed by atoms with E-state index in [-0.39, 0.29) is 23.1 Å². The third-order valence-electron chi connectivity index (χ3n) is 6.42. The summed E-state index contributed by atoms with van der Waals surface area (Å²) in [6, 6.07) is 10.3. The second-order valence-corrected chi connectivity index (χ2v) is 7.83. The van der Waals surface area contributed by atoms with Crippen molar-refractivity contribution in [1.29, 1.82) is 0 Å². The van der Waals surface area contributed by atoms with Gasteiger partial charge in [-0.25, -0.2) is 0 Å². The molecule has 0 saturated carbocycles. The number of aryl methyl sites for hydroxylation is 1. The molecule has 5 heteroatoms. The molecule has 1 aliphatic carbocycles. The summed E-state index contributed by atoms with van der Waals surface area (Å²) in [4.78, 5) is 26.7. The van der Waals surface area contributed by atoms with E-state index >= 15 is 0 Å². The molecule has 1 aromatic carbocycles. The van der Waals surface area contributed by atoms with Crippen LogP contribution >= 0.6 is 0 Å². The second kappa shape index (κ2) is 6.87. The van der Waals surface area contributed by atoms with Crippen LogP contribution in [-0.2, 0) is 10.2 Å². The Morgan fingerprint density at radius 3 is 2.63 bits per heavy atom. The number of amides is 2. The number of carbonyl (C=O) groups is 2. The second-order valence-electron chi connectivity index (χ2n) is 7.83. The first-order valence-electron chi connectivity index (χ1n) is 9.67. The molecular weight excluding hydrogens is 340 g/mol. The van der Waals surface area contributed by atoms with E-state index < -0.39 is 0 Å². The average Bonchev–Trinajstić information content (AvgIpc) is 3.24. The van der Waals surface area contributed by atoms with Crippen molar-refractivity contribution in [2.24, 2.45) is 0 Å². The van der Waals surface area contributed by atoms with E-state index in [4.69, 9.17) is 4.42 Å². The average molecular weight is 366 g/mol. The van der Waals surface area contributed by atoms with Crippen LogP contribution in [0.1, 0.15) is 58.8 Å². The number of hydrogen-bond donors (Lipinski definition) is 1. The van der Waals surface area contributed by atoms with Gasteiger partial charge in [0.15, 0.2) is 0 Å². The number of hydrogen-bond acceptors (Lipinski definition) is 3. The summed E-state index contributed by atoms with van der Waals surface area (Å²) < 4.78 is 5.29. The Morgan fingerprint density at radius 2 is 1.96 bits per heavy atom. The maximum atomic E-state index is 12.8. The Kier molecular flexibility index (Phi) is 4.54. The molecule has 1 spiro atoms.